The predicted molar refractivity (Wildman–Crippen MR) is 33.4 cm³/mol. The lowest BCUT2D eigenvalue weighted by molar-refractivity contribution is -0.137. The second-order valence-electron chi connectivity index (χ2n) is 1.75. The van der Waals surface area contributed by atoms with E-state index in [1.165, 1.54) is 6.92 Å². The Hall–Kier alpha value is -0.510. The molecule has 5 nitrogen and oxygen atoms in total. The Morgan fingerprint density at radius 1 is 1.80 bits per heavy atom. The molecule has 0 aliphatic rings. The highest BCUT2D eigenvalue weighted by molar-refractivity contribution is 7.18. The Morgan fingerprint density at radius 3 is 2.60 bits per heavy atom. The van der Waals surface area contributed by atoms with Gasteiger partial charge in [0.15, 0.2) is 0 Å². The number of aliphatic hydroxyl groups is 1. The van der Waals surface area contributed by atoms with E-state index < -0.39 is 26.8 Å². The molecule has 0 aliphatic heterocycles. The van der Waals surface area contributed by atoms with Crippen LogP contribution in [-0.4, -0.2) is 23.2 Å². The SMILES string of the molecule is C[C@@H](O)[C@H](N)C(=O)OP=O. The minimum absolute atomic E-state index is 0.751. The lowest BCUT2D eigenvalue weighted by Gasteiger charge is -2.09. The summed E-state index contributed by atoms with van der Waals surface area (Å²) in [5.41, 5.74) is 5.08. The molecule has 0 aliphatic carbocycles. The van der Waals surface area contributed by atoms with Gasteiger partial charge >= 0.3 is 14.7 Å². The molecule has 58 valence electrons. The van der Waals surface area contributed by atoms with Crippen molar-refractivity contribution in [2.45, 2.75) is 19.1 Å². The van der Waals surface area contributed by atoms with Gasteiger partial charge in [0.05, 0.1) is 6.10 Å². The number of rotatable bonds is 3. The third kappa shape index (κ3) is 2.87. The molecule has 0 aromatic heterocycles. The van der Waals surface area contributed by atoms with Crippen LogP contribution in [-0.2, 0) is 13.9 Å². The maximum atomic E-state index is 10.5. The van der Waals surface area contributed by atoms with Crippen LogP contribution in [0.2, 0.25) is 0 Å². The van der Waals surface area contributed by atoms with Gasteiger partial charge in [-0.3, -0.25) is 0 Å². The highest BCUT2D eigenvalue weighted by Crippen LogP contribution is 1.99. The van der Waals surface area contributed by atoms with Gasteiger partial charge in [0, 0.05) is 0 Å². The highest BCUT2D eigenvalue weighted by Gasteiger charge is 2.20. The molecule has 0 fully saturated rings. The van der Waals surface area contributed by atoms with Crippen LogP contribution >= 0.6 is 8.69 Å². The zero-order chi connectivity index (χ0) is 8.15. The summed E-state index contributed by atoms with van der Waals surface area (Å²) in [7, 11) is -0.751. The van der Waals surface area contributed by atoms with E-state index >= 15 is 0 Å². The number of hydrogen-bond donors (Lipinski definition) is 2. The first-order valence-corrected chi connectivity index (χ1v) is 3.29. The molecule has 6 heteroatoms. The summed E-state index contributed by atoms with van der Waals surface area (Å²) < 4.78 is 13.6. The van der Waals surface area contributed by atoms with E-state index in [0.29, 0.717) is 0 Å². The van der Waals surface area contributed by atoms with E-state index in [0.717, 1.165) is 0 Å². The van der Waals surface area contributed by atoms with Crippen LogP contribution in [0, 0.1) is 0 Å². The maximum absolute atomic E-state index is 10.5. The van der Waals surface area contributed by atoms with Gasteiger partial charge in [-0.15, -0.1) is 0 Å². The molecule has 10 heavy (non-hydrogen) atoms. The van der Waals surface area contributed by atoms with Crippen LogP contribution in [0.4, 0.5) is 0 Å². The van der Waals surface area contributed by atoms with Gasteiger partial charge in [0.25, 0.3) is 0 Å². The van der Waals surface area contributed by atoms with Crippen molar-refractivity contribution in [3.05, 3.63) is 0 Å². The molecule has 0 saturated carbocycles. The quantitative estimate of drug-likeness (QED) is 0.547. The van der Waals surface area contributed by atoms with Gasteiger partial charge in [-0.25, -0.2) is 9.36 Å². The molecule has 0 aromatic rings. The second-order valence-corrected chi connectivity index (χ2v) is 2.08. The van der Waals surface area contributed by atoms with Crippen LogP contribution in [0.15, 0.2) is 0 Å². The highest BCUT2D eigenvalue weighted by atomic mass is 31.1. The molecule has 0 aromatic carbocycles. The summed E-state index contributed by atoms with van der Waals surface area (Å²) >= 11 is 0. The lowest BCUT2D eigenvalue weighted by atomic mass is 10.2. The number of aliphatic hydroxyl groups excluding tert-OH is 1. The van der Waals surface area contributed by atoms with Crippen molar-refractivity contribution in [3.63, 3.8) is 0 Å². The number of nitrogens with two attached hydrogens (primary N) is 1. The average Bonchev–Trinajstić information content (AvgIpc) is 1.87. The Kier molecular flexibility index (Phi) is 4.11. The Labute approximate surface area is 59.4 Å². The molecule has 0 radical (unpaired) electrons. The molecule has 0 amide bonds. The normalized spacial score (nSPS) is 16.3. The standard InChI is InChI=1S/C4H8NO4P/c1-2(6)3(5)4(7)9-10-8/h2-3,6H,5H2,1H3/t2-,3+/m1/s1. The predicted octanol–water partition coefficient (Wildman–Crippen LogP) is -0.556. The van der Waals surface area contributed by atoms with E-state index in [9.17, 15) is 9.36 Å². The molecule has 0 unspecified atom stereocenters. The molecule has 0 rings (SSSR count). The summed E-state index contributed by atoms with van der Waals surface area (Å²) in [6, 6.07) is -1.12. The first-order valence-electron chi connectivity index (χ1n) is 2.56. The zero-order valence-corrected chi connectivity index (χ0v) is 6.25. The maximum Gasteiger partial charge on any atom is 0.398 e. The molecular weight excluding hydrogens is 157 g/mol. The second kappa shape index (κ2) is 4.33. The van der Waals surface area contributed by atoms with E-state index in [2.05, 4.69) is 4.52 Å². The summed E-state index contributed by atoms with van der Waals surface area (Å²) in [6.45, 7) is 1.34. The first-order chi connectivity index (χ1) is 4.59. The van der Waals surface area contributed by atoms with E-state index in [-0.39, 0.29) is 0 Å². The third-order valence-corrected chi connectivity index (χ3v) is 1.17. The van der Waals surface area contributed by atoms with Crippen molar-refractivity contribution in [2.75, 3.05) is 0 Å². The zero-order valence-electron chi connectivity index (χ0n) is 5.35. The summed E-state index contributed by atoms with van der Waals surface area (Å²) in [6.07, 6.45) is -0.991. The van der Waals surface area contributed by atoms with Gasteiger partial charge in [-0.2, -0.15) is 0 Å². The Bertz CT molecular complexity index is 137. The number of carbonyl (C=O) groups is 1. The Balaban J connectivity index is 3.81. The molecular formula is C4H8NO4P. The van der Waals surface area contributed by atoms with E-state index in [4.69, 9.17) is 10.8 Å². The fourth-order valence-corrected chi connectivity index (χ4v) is 0.490. The largest absolute Gasteiger partial charge is 0.398 e. The van der Waals surface area contributed by atoms with Gasteiger partial charge in [0.1, 0.15) is 6.04 Å². The van der Waals surface area contributed by atoms with Crippen molar-refractivity contribution < 1.29 is 19.0 Å². The van der Waals surface area contributed by atoms with Gasteiger partial charge in [-0.05, 0) is 6.92 Å². The van der Waals surface area contributed by atoms with E-state index in [1.807, 2.05) is 0 Å². The average molecular weight is 165 g/mol. The van der Waals surface area contributed by atoms with Crippen LogP contribution in [0.3, 0.4) is 0 Å². The van der Waals surface area contributed by atoms with Crippen LogP contribution in [0.5, 0.6) is 0 Å². The minimum atomic E-state index is -1.12. The topological polar surface area (TPSA) is 89.6 Å². The monoisotopic (exact) mass is 165 g/mol. The summed E-state index contributed by atoms with van der Waals surface area (Å²) in [5, 5.41) is 8.69. The van der Waals surface area contributed by atoms with Crippen molar-refractivity contribution in [3.8, 4) is 0 Å². The molecule has 2 atom stereocenters. The third-order valence-electron chi connectivity index (χ3n) is 0.919. The van der Waals surface area contributed by atoms with Crippen LogP contribution in [0.25, 0.3) is 0 Å². The van der Waals surface area contributed by atoms with Crippen molar-refractivity contribution in [2.24, 2.45) is 5.73 Å². The molecule has 0 bridgehead atoms. The van der Waals surface area contributed by atoms with Crippen molar-refractivity contribution in [1.82, 2.24) is 0 Å². The fourth-order valence-electron chi connectivity index (χ4n) is 0.295. The number of carbonyl (C=O) groups excluding carboxylic acids is 1. The van der Waals surface area contributed by atoms with Crippen molar-refractivity contribution >= 4 is 14.7 Å². The lowest BCUT2D eigenvalue weighted by Crippen LogP contribution is -2.40. The minimum Gasteiger partial charge on any atom is -0.391 e. The number of hydrogen-bond acceptors (Lipinski definition) is 5. The van der Waals surface area contributed by atoms with Gasteiger partial charge in [0.2, 0.25) is 0 Å². The van der Waals surface area contributed by atoms with Gasteiger partial charge < -0.3 is 15.4 Å². The molecule has 3 N–H and O–H groups in total. The van der Waals surface area contributed by atoms with Gasteiger partial charge in [-0.1, -0.05) is 0 Å². The van der Waals surface area contributed by atoms with E-state index in [1.54, 1.807) is 0 Å². The fraction of sp³-hybridized carbons (Fsp3) is 0.750. The van der Waals surface area contributed by atoms with Crippen molar-refractivity contribution in [1.29, 1.82) is 0 Å². The smallest absolute Gasteiger partial charge is 0.391 e. The van der Waals surface area contributed by atoms with Crippen LogP contribution < -0.4 is 5.73 Å². The molecule has 0 saturated heterocycles. The van der Waals surface area contributed by atoms with Crippen LogP contribution in [0.1, 0.15) is 6.92 Å². The summed E-state index contributed by atoms with van der Waals surface area (Å²) in [5.74, 6) is -0.883. The molecule has 0 heterocycles. The molecule has 0 spiro atoms. The Morgan fingerprint density at radius 2 is 2.30 bits per heavy atom. The summed E-state index contributed by atoms with van der Waals surface area (Å²) in [4.78, 5) is 10.5. The first kappa shape index (κ1) is 9.49.